The van der Waals surface area contributed by atoms with Gasteiger partial charge < -0.3 is 14.7 Å². The molecule has 5 nitrogen and oxygen atoms in total. The number of rotatable bonds is 4. The smallest absolute Gasteiger partial charge is 0.236 e. The zero-order chi connectivity index (χ0) is 12.8. The van der Waals surface area contributed by atoms with Crippen LogP contribution in [-0.2, 0) is 9.53 Å². The molecule has 0 aromatic rings. The number of aliphatic hydroxyl groups is 1. The summed E-state index contributed by atoms with van der Waals surface area (Å²) in [5, 5.41) is 9.08. The minimum atomic E-state index is 0.211. The Morgan fingerprint density at radius 2 is 2.00 bits per heavy atom. The first-order chi connectivity index (χ1) is 8.81. The molecule has 1 atom stereocenters. The third-order valence-corrected chi connectivity index (χ3v) is 3.91. The van der Waals surface area contributed by atoms with Crippen molar-refractivity contribution in [3.05, 3.63) is 0 Å². The fourth-order valence-corrected chi connectivity index (χ4v) is 2.83. The molecule has 0 aromatic heterocycles. The number of amides is 1. The third-order valence-electron chi connectivity index (χ3n) is 3.91. The normalized spacial score (nSPS) is 26.3. The summed E-state index contributed by atoms with van der Waals surface area (Å²) in [6.07, 6.45) is 4.28. The highest BCUT2D eigenvalue weighted by Gasteiger charge is 2.26. The maximum atomic E-state index is 12.2. The number of carbonyl (C=O) groups excluding carboxylic acids is 1. The molecular formula is C13H24N2O3. The molecule has 0 unspecified atom stereocenters. The number of piperidine rings is 1. The van der Waals surface area contributed by atoms with Crippen LogP contribution in [0.3, 0.4) is 0 Å². The molecule has 2 heterocycles. The minimum Gasteiger partial charge on any atom is -0.396 e. The predicted octanol–water partition coefficient (Wildman–Crippen LogP) is 0.0821. The van der Waals surface area contributed by atoms with Crippen molar-refractivity contribution in [1.82, 2.24) is 9.80 Å². The van der Waals surface area contributed by atoms with E-state index in [-0.39, 0.29) is 12.5 Å². The van der Waals surface area contributed by atoms with E-state index >= 15 is 0 Å². The largest absolute Gasteiger partial charge is 0.396 e. The molecule has 2 rings (SSSR count). The number of morpholine rings is 1. The Labute approximate surface area is 109 Å². The van der Waals surface area contributed by atoms with Crippen molar-refractivity contribution in [2.24, 2.45) is 0 Å². The highest BCUT2D eigenvalue weighted by atomic mass is 16.5. The lowest BCUT2D eigenvalue weighted by molar-refractivity contribution is -0.137. The molecule has 0 aromatic carbocycles. The lowest BCUT2D eigenvalue weighted by atomic mass is 9.99. The minimum absolute atomic E-state index is 0.211. The third kappa shape index (κ3) is 3.67. The maximum absolute atomic E-state index is 12.2. The van der Waals surface area contributed by atoms with Gasteiger partial charge in [-0.1, -0.05) is 6.42 Å². The molecule has 0 saturated carbocycles. The lowest BCUT2D eigenvalue weighted by Crippen LogP contribution is -2.49. The zero-order valence-corrected chi connectivity index (χ0v) is 11.0. The van der Waals surface area contributed by atoms with Crippen LogP contribution in [0.2, 0.25) is 0 Å². The Hall–Kier alpha value is -0.650. The van der Waals surface area contributed by atoms with Crippen LogP contribution in [0.25, 0.3) is 0 Å². The molecule has 2 fully saturated rings. The number of ether oxygens (including phenoxy) is 1. The molecular weight excluding hydrogens is 232 g/mol. The topological polar surface area (TPSA) is 53.0 Å². The van der Waals surface area contributed by atoms with Gasteiger partial charge in [-0.05, 0) is 25.8 Å². The standard InChI is InChI=1S/C13H24N2O3/c16-8-4-12-3-1-2-5-15(12)11-13(17)14-6-9-18-10-7-14/h12,16H,1-11H2/t12-/m1/s1. The molecule has 2 aliphatic rings. The average Bonchev–Trinajstić information content (AvgIpc) is 2.42. The van der Waals surface area contributed by atoms with Crippen molar-refractivity contribution in [2.45, 2.75) is 31.7 Å². The maximum Gasteiger partial charge on any atom is 0.236 e. The van der Waals surface area contributed by atoms with Crippen molar-refractivity contribution >= 4 is 5.91 Å². The molecule has 1 amide bonds. The monoisotopic (exact) mass is 256 g/mol. The van der Waals surface area contributed by atoms with Crippen LogP contribution in [0.4, 0.5) is 0 Å². The molecule has 18 heavy (non-hydrogen) atoms. The molecule has 5 heteroatoms. The second kappa shape index (κ2) is 7.07. The second-order valence-corrected chi connectivity index (χ2v) is 5.13. The van der Waals surface area contributed by atoms with Crippen LogP contribution >= 0.6 is 0 Å². The molecule has 0 aliphatic carbocycles. The summed E-state index contributed by atoms with van der Waals surface area (Å²) in [5.41, 5.74) is 0. The van der Waals surface area contributed by atoms with Crippen LogP contribution < -0.4 is 0 Å². The highest BCUT2D eigenvalue weighted by molar-refractivity contribution is 5.78. The fourth-order valence-electron chi connectivity index (χ4n) is 2.83. The number of nitrogens with zero attached hydrogens (tertiary/aromatic N) is 2. The van der Waals surface area contributed by atoms with Gasteiger partial charge in [-0.15, -0.1) is 0 Å². The first-order valence-corrected chi connectivity index (χ1v) is 7.01. The van der Waals surface area contributed by atoms with Crippen molar-refractivity contribution in [1.29, 1.82) is 0 Å². The molecule has 2 saturated heterocycles. The Morgan fingerprint density at radius 3 is 2.72 bits per heavy atom. The van der Waals surface area contributed by atoms with Gasteiger partial charge in [0.25, 0.3) is 0 Å². The van der Waals surface area contributed by atoms with Gasteiger partial charge in [0.05, 0.1) is 19.8 Å². The van der Waals surface area contributed by atoms with Crippen LogP contribution in [0.1, 0.15) is 25.7 Å². The van der Waals surface area contributed by atoms with Gasteiger partial charge in [0.1, 0.15) is 0 Å². The van der Waals surface area contributed by atoms with Crippen LogP contribution in [0, 0.1) is 0 Å². The molecule has 104 valence electrons. The number of likely N-dealkylation sites (tertiary alicyclic amines) is 1. The average molecular weight is 256 g/mol. The molecule has 0 spiro atoms. The van der Waals surface area contributed by atoms with Gasteiger partial charge in [0, 0.05) is 25.7 Å². The summed E-state index contributed by atoms with van der Waals surface area (Å²) in [4.78, 5) is 16.3. The van der Waals surface area contributed by atoms with E-state index in [1.807, 2.05) is 4.90 Å². The molecule has 1 N–H and O–H groups in total. The van der Waals surface area contributed by atoms with Crippen molar-refractivity contribution in [3.63, 3.8) is 0 Å². The highest BCUT2D eigenvalue weighted by Crippen LogP contribution is 2.19. The lowest BCUT2D eigenvalue weighted by Gasteiger charge is -2.37. The molecule has 0 bridgehead atoms. The van der Waals surface area contributed by atoms with E-state index in [2.05, 4.69) is 4.90 Å². The van der Waals surface area contributed by atoms with Crippen LogP contribution in [0.15, 0.2) is 0 Å². The Morgan fingerprint density at radius 1 is 1.22 bits per heavy atom. The van der Waals surface area contributed by atoms with Gasteiger partial charge >= 0.3 is 0 Å². The fraction of sp³-hybridized carbons (Fsp3) is 0.923. The quantitative estimate of drug-likeness (QED) is 0.774. The number of hydrogen-bond donors (Lipinski definition) is 1. The van der Waals surface area contributed by atoms with Crippen molar-refractivity contribution < 1.29 is 14.6 Å². The van der Waals surface area contributed by atoms with Gasteiger partial charge in [0.15, 0.2) is 0 Å². The van der Waals surface area contributed by atoms with E-state index in [9.17, 15) is 4.79 Å². The van der Waals surface area contributed by atoms with Gasteiger partial charge in [0.2, 0.25) is 5.91 Å². The summed E-state index contributed by atoms with van der Waals surface area (Å²) in [6, 6.07) is 0.383. The zero-order valence-electron chi connectivity index (χ0n) is 11.0. The number of hydrogen-bond acceptors (Lipinski definition) is 4. The number of aliphatic hydroxyl groups excluding tert-OH is 1. The Bertz CT molecular complexity index is 265. The summed E-state index contributed by atoms with van der Waals surface area (Å²) >= 11 is 0. The first-order valence-electron chi connectivity index (χ1n) is 7.01. The van der Waals surface area contributed by atoms with Crippen LogP contribution in [0.5, 0.6) is 0 Å². The summed E-state index contributed by atoms with van der Waals surface area (Å²) in [7, 11) is 0. The van der Waals surface area contributed by atoms with E-state index < -0.39 is 0 Å². The van der Waals surface area contributed by atoms with Gasteiger partial charge in [-0.2, -0.15) is 0 Å². The van der Waals surface area contributed by atoms with E-state index in [1.54, 1.807) is 0 Å². The molecule has 0 radical (unpaired) electrons. The second-order valence-electron chi connectivity index (χ2n) is 5.13. The summed E-state index contributed by atoms with van der Waals surface area (Å²) < 4.78 is 5.26. The van der Waals surface area contributed by atoms with E-state index in [0.717, 1.165) is 38.9 Å². The van der Waals surface area contributed by atoms with Crippen LogP contribution in [-0.4, -0.2) is 72.9 Å². The summed E-state index contributed by atoms with van der Waals surface area (Å²) in [5.74, 6) is 0.211. The van der Waals surface area contributed by atoms with E-state index in [0.29, 0.717) is 25.8 Å². The number of carbonyl (C=O) groups is 1. The Balaban J connectivity index is 1.83. The van der Waals surface area contributed by atoms with Gasteiger partial charge in [-0.25, -0.2) is 0 Å². The summed E-state index contributed by atoms with van der Waals surface area (Å²) in [6.45, 7) is 4.46. The predicted molar refractivity (Wildman–Crippen MR) is 68.3 cm³/mol. The van der Waals surface area contributed by atoms with E-state index in [4.69, 9.17) is 9.84 Å². The molecule has 2 aliphatic heterocycles. The first kappa shape index (κ1) is 13.8. The SMILES string of the molecule is O=C(CN1CCCC[C@@H]1CCO)N1CCOCC1. The van der Waals surface area contributed by atoms with Crippen molar-refractivity contribution in [3.8, 4) is 0 Å². The van der Waals surface area contributed by atoms with Crippen molar-refractivity contribution in [2.75, 3.05) is 46.0 Å². The Kier molecular flexibility index (Phi) is 5.41. The van der Waals surface area contributed by atoms with Gasteiger partial charge in [-0.3, -0.25) is 9.69 Å². The van der Waals surface area contributed by atoms with E-state index in [1.165, 1.54) is 6.42 Å².